The van der Waals surface area contributed by atoms with Gasteiger partial charge in [-0.15, -0.1) is 0 Å². The topological polar surface area (TPSA) is 307 Å². The highest BCUT2D eigenvalue weighted by molar-refractivity contribution is 5.90. The van der Waals surface area contributed by atoms with Crippen LogP contribution in [0.2, 0.25) is 0 Å². The number of hydrogen-bond acceptors (Lipinski definition) is 24. The maximum atomic E-state index is 15.6. The zero-order valence-corrected chi connectivity index (χ0v) is 54.8. The van der Waals surface area contributed by atoms with Gasteiger partial charge in [-0.3, -0.25) is 19.4 Å². The Morgan fingerprint density at radius 1 is 0.505 bits per heavy atom. The second kappa shape index (κ2) is 23.2. The normalized spacial score (nSPS) is 49.7. The van der Waals surface area contributed by atoms with Gasteiger partial charge in [0.15, 0.2) is 11.2 Å². The van der Waals surface area contributed by atoms with E-state index in [9.17, 15) is 40.2 Å². The van der Waals surface area contributed by atoms with Crippen LogP contribution in [0.5, 0.6) is 0 Å². The van der Waals surface area contributed by atoms with Gasteiger partial charge in [0.05, 0.1) is 61.0 Å². The van der Waals surface area contributed by atoms with Crippen molar-refractivity contribution in [3.8, 4) is 0 Å². The number of aliphatic hydroxyl groups is 6. The third-order valence-corrected chi connectivity index (χ3v) is 27.0. The van der Waals surface area contributed by atoms with Crippen molar-refractivity contribution in [1.29, 1.82) is 0 Å². The van der Waals surface area contributed by atoms with Crippen LogP contribution in [0.4, 0.5) is 0 Å². The molecule has 0 unspecified atom stereocenters. The average Bonchev–Trinajstić information content (AvgIpc) is 1.46. The van der Waals surface area contributed by atoms with Crippen molar-refractivity contribution in [3.05, 3.63) is 71.8 Å². The number of likely N-dealkylation sites (tertiary alicyclic amines) is 2. The van der Waals surface area contributed by atoms with E-state index < -0.39 is 213 Å². The van der Waals surface area contributed by atoms with Crippen LogP contribution >= 0.6 is 0 Å². The summed E-state index contributed by atoms with van der Waals surface area (Å²) in [6, 6.07) is 15.5. The molecule has 512 valence electrons. The molecule has 2 spiro atoms. The lowest BCUT2D eigenvalue weighted by Gasteiger charge is -2.70. The second-order valence-electron chi connectivity index (χ2n) is 29.5. The maximum Gasteiger partial charge on any atom is 0.338 e. The molecular formula is C69H94N2O22. The monoisotopic (exact) mass is 1300 g/mol. The Morgan fingerprint density at radius 2 is 0.882 bits per heavy atom. The van der Waals surface area contributed by atoms with E-state index in [1.54, 1.807) is 103 Å². The number of carbonyl (C=O) groups is 4. The lowest BCUT2D eigenvalue weighted by molar-refractivity contribution is -0.323. The molecule has 30 atom stereocenters. The molecule has 0 aromatic heterocycles. The molecule has 93 heavy (non-hydrogen) atoms. The molecule has 2 saturated heterocycles. The molecule has 14 rings (SSSR count). The molecule has 0 amide bonds. The Labute approximate surface area is 542 Å². The molecule has 0 radical (unpaired) electrons. The van der Waals surface area contributed by atoms with Gasteiger partial charge in [-0.25, -0.2) is 9.59 Å². The van der Waals surface area contributed by atoms with Gasteiger partial charge in [-0.1, -0.05) is 50.2 Å². The molecule has 24 nitrogen and oxygen atoms in total. The summed E-state index contributed by atoms with van der Waals surface area (Å²) in [6.45, 7) is 5.79. The molecule has 6 N–H and O–H groups in total. The Kier molecular flexibility index (Phi) is 16.4. The van der Waals surface area contributed by atoms with Gasteiger partial charge in [0.1, 0.15) is 47.8 Å². The SMILES string of the molecule is CCN1C[C@]2(COC)[C@H](O)C[C@H](OC)[C@@]34[C@@H]5C[C@@]6(O)[C@H](OC(=O)c7ccccc7)[C@@H]5[C@@](OC(=O)CCCC(=O)O[C@@]57[C@@H]8[C@H](OC)[C@@H]9[C@]%10(COC)CN(CC)[C@H]8[C@]9([C@@H](OC)C[C@H]%10O)[C@@H]8C[C@@](O)([C@H](OC(=O)c9ccccc9)[C@@H]85)[C@@H](OC)[C@@H]7O)([C@H]([C@H](OC)[C@H]23)[C@@H]14)[C@@H](O)[C@@H]6OC. The molecule has 12 aliphatic rings. The highest BCUT2D eigenvalue weighted by Gasteiger charge is 2.95. The van der Waals surface area contributed by atoms with Crippen LogP contribution in [0, 0.1) is 69.0 Å². The van der Waals surface area contributed by atoms with Gasteiger partial charge >= 0.3 is 23.9 Å². The van der Waals surface area contributed by atoms with Gasteiger partial charge < -0.3 is 87.5 Å². The summed E-state index contributed by atoms with van der Waals surface area (Å²) < 4.78 is 78.6. The largest absolute Gasteiger partial charge is 0.455 e. The first kappa shape index (κ1) is 65.9. The Balaban J connectivity index is 0.853. The Hall–Kier alpha value is -4.32. The van der Waals surface area contributed by atoms with Crippen molar-refractivity contribution in [2.75, 3.05) is 96.3 Å². The van der Waals surface area contributed by atoms with Crippen molar-refractivity contribution in [2.45, 2.75) is 167 Å². The summed E-state index contributed by atoms with van der Waals surface area (Å²) in [7, 11) is 12.2. The Morgan fingerprint density at radius 3 is 1.20 bits per heavy atom. The van der Waals surface area contributed by atoms with Gasteiger partial charge in [0, 0.05) is 165 Å². The maximum absolute atomic E-state index is 15.6. The number of ether oxygens (including phenoxy) is 12. The summed E-state index contributed by atoms with van der Waals surface area (Å²) in [4.78, 5) is 64.9. The van der Waals surface area contributed by atoms with E-state index in [1.165, 1.54) is 14.2 Å². The molecule has 14 bridgehead atoms. The number of benzene rings is 2. The van der Waals surface area contributed by atoms with Crippen LogP contribution in [0.25, 0.3) is 0 Å². The van der Waals surface area contributed by atoms with E-state index in [2.05, 4.69) is 9.80 Å². The molecule has 2 aromatic carbocycles. The van der Waals surface area contributed by atoms with Crippen molar-refractivity contribution >= 4 is 23.9 Å². The minimum absolute atomic E-state index is 0.0926. The Bertz CT molecular complexity index is 2980. The van der Waals surface area contributed by atoms with Crippen molar-refractivity contribution in [2.24, 2.45) is 69.0 Å². The molecular weight excluding hydrogens is 1210 g/mol. The summed E-state index contributed by atoms with van der Waals surface area (Å²) in [5.41, 5.74) is -11.8. The predicted molar refractivity (Wildman–Crippen MR) is 323 cm³/mol. The third-order valence-electron chi connectivity index (χ3n) is 27.0. The highest BCUT2D eigenvalue weighted by atomic mass is 16.6. The molecule has 2 aliphatic heterocycles. The summed E-state index contributed by atoms with van der Waals surface area (Å²) in [5.74, 6) is -10.0. The second-order valence-corrected chi connectivity index (χ2v) is 29.5. The van der Waals surface area contributed by atoms with Crippen molar-refractivity contribution in [3.63, 3.8) is 0 Å². The minimum atomic E-state index is -2.06. The van der Waals surface area contributed by atoms with Crippen LogP contribution < -0.4 is 0 Å². The summed E-state index contributed by atoms with van der Waals surface area (Å²) in [5, 5.41) is 79.1. The van der Waals surface area contributed by atoms with Crippen LogP contribution in [-0.2, 0) is 66.4 Å². The number of nitrogens with zero attached hydrogens (tertiary/aromatic N) is 2. The first-order chi connectivity index (χ1) is 44.6. The number of esters is 4. The molecule has 2 aromatic rings. The summed E-state index contributed by atoms with van der Waals surface area (Å²) >= 11 is 0. The lowest BCUT2D eigenvalue weighted by Crippen LogP contribution is -2.81. The first-order valence-electron chi connectivity index (χ1n) is 33.4. The number of methoxy groups -OCH3 is 8. The fourth-order valence-electron chi connectivity index (χ4n) is 25.0. The number of aliphatic hydroxyl groups excluding tert-OH is 4. The van der Waals surface area contributed by atoms with E-state index in [0.717, 1.165) is 0 Å². The van der Waals surface area contributed by atoms with Gasteiger partial charge in [-0.05, 0) is 68.5 Å². The van der Waals surface area contributed by atoms with Crippen LogP contribution in [0.15, 0.2) is 60.7 Å². The summed E-state index contributed by atoms with van der Waals surface area (Å²) in [6.07, 6.45) is -15.4. The number of hydrogen-bond donors (Lipinski definition) is 6. The molecule has 2 heterocycles. The average molecular weight is 1300 g/mol. The first-order valence-corrected chi connectivity index (χ1v) is 33.4. The van der Waals surface area contributed by atoms with Crippen LogP contribution in [-0.4, -0.2) is 268 Å². The van der Waals surface area contributed by atoms with Gasteiger partial charge in [0.2, 0.25) is 0 Å². The minimum Gasteiger partial charge on any atom is -0.455 e. The highest BCUT2D eigenvalue weighted by Crippen LogP contribution is 2.83. The fraction of sp³-hybridized carbons (Fsp3) is 0.768. The van der Waals surface area contributed by atoms with Gasteiger partial charge in [0.25, 0.3) is 0 Å². The molecule has 10 aliphatic carbocycles. The van der Waals surface area contributed by atoms with Crippen LogP contribution in [0.3, 0.4) is 0 Å². The zero-order chi connectivity index (χ0) is 66.1. The van der Waals surface area contributed by atoms with Crippen LogP contribution in [0.1, 0.15) is 79.5 Å². The van der Waals surface area contributed by atoms with E-state index in [-0.39, 0.29) is 56.4 Å². The smallest absolute Gasteiger partial charge is 0.338 e. The number of piperidine rings is 2. The van der Waals surface area contributed by atoms with Gasteiger partial charge in [-0.2, -0.15) is 0 Å². The number of carbonyl (C=O) groups excluding carboxylic acids is 4. The molecule has 10 saturated carbocycles. The van der Waals surface area contributed by atoms with E-state index in [4.69, 9.17) is 56.8 Å². The standard InChI is InChI=1S/C69H94N2O22/c1-11-70-30-62(32-82-3)38(72)26-40(84-5)66-36-28-64(80)56(90-60(78)34-20-15-13-16-21-34)44(36)68(54(76)58(64)88-9,46(52(66)70)48(86-7)50(62)66)92-42(74)24-19-25-43(75)93-69-45-37(29-65(81,59(89-10)55(69)77)57(45)91-61(79)35-22-17-14-18-23-35)67-41(85-6)27-39(73)63(33-83-4)31-71(12-2)53(67)47(69)49(87-8)51(63)67/h13-18,20-23,36-41,44-59,72-73,76-77,80-81H,11-12,19,24-33H2,1-10H3/t36-,37-,38-,39-,40+,41+,44-,45-,46-,47-,48+,49+,50-,51-,52-,53-,54+,55+,56-,57-,58+,59+,62+,63+,64-,65-,66+,67+,68-,69-/m1/s1. The predicted octanol–water partition coefficient (Wildman–Crippen LogP) is 1.44. The zero-order valence-electron chi connectivity index (χ0n) is 54.8. The fourth-order valence-corrected chi connectivity index (χ4v) is 25.0. The van der Waals surface area contributed by atoms with Crippen molar-refractivity contribution in [1.82, 2.24) is 9.80 Å². The number of fused-ring (bicyclic) bond motifs is 4. The molecule has 24 heteroatoms. The van der Waals surface area contributed by atoms with E-state index >= 15 is 9.59 Å². The molecule has 12 fully saturated rings. The quantitative estimate of drug-likeness (QED) is 0.0718. The third kappa shape index (κ3) is 8.00. The number of rotatable bonds is 22. The lowest BCUT2D eigenvalue weighted by atomic mass is 9.42. The van der Waals surface area contributed by atoms with E-state index in [1.807, 2.05) is 13.8 Å². The van der Waals surface area contributed by atoms with E-state index in [0.29, 0.717) is 26.2 Å². The van der Waals surface area contributed by atoms with Crippen molar-refractivity contribution < 1.29 is 107 Å².